The summed E-state index contributed by atoms with van der Waals surface area (Å²) in [6.07, 6.45) is 27.4. The van der Waals surface area contributed by atoms with Gasteiger partial charge in [0, 0.05) is 63.1 Å². The van der Waals surface area contributed by atoms with Crippen molar-refractivity contribution in [2.45, 2.75) is 209 Å². The Morgan fingerprint density at radius 1 is 0.441 bits per heavy atom. The first-order chi connectivity index (χ1) is 52.8. The molecule has 2 aliphatic heterocycles. The van der Waals surface area contributed by atoms with E-state index in [-0.39, 0.29) is 21.0 Å². The van der Waals surface area contributed by atoms with Crippen LogP contribution in [-0.4, -0.2) is 105 Å². The van der Waals surface area contributed by atoms with Crippen LogP contribution in [0.2, 0.25) is 0 Å². The third-order valence-electron chi connectivity index (χ3n) is 20.9. The van der Waals surface area contributed by atoms with E-state index in [4.69, 9.17) is 48.2 Å². The van der Waals surface area contributed by atoms with E-state index in [1.807, 2.05) is 47.1 Å². The second kappa shape index (κ2) is 48.1. The zero-order valence-corrected chi connectivity index (χ0v) is 79.0. The van der Waals surface area contributed by atoms with Crippen molar-refractivity contribution >= 4 is 109 Å². The molecule has 3 saturated carbocycles. The van der Waals surface area contributed by atoms with Gasteiger partial charge in [0.1, 0.15) is 5.75 Å². The van der Waals surface area contributed by atoms with Gasteiger partial charge in [0.05, 0.1) is 36.9 Å². The predicted octanol–water partition coefficient (Wildman–Crippen LogP) is 23.4. The first-order valence-corrected chi connectivity index (χ1v) is 56.0. The van der Waals surface area contributed by atoms with Crippen molar-refractivity contribution in [2.24, 2.45) is 0 Å². The summed E-state index contributed by atoms with van der Waals surface area (Å²) in [5, 5.41) is 0. The maximum absolute atomic E-state index is 11.6. The average molecular weight is 1900 g/mol. The minimum atomic E-state index is -3.36. The predicted molar refractivity (Wildman–Crippen MR) is 473 cm³/mol. The number of benzene rings is 7. The fourth-order valence-corrected chi connectivity index (χ4v) is 28.2. The molecular formula is C88H122Cl5CuN6O6PRu2S2-. The minimum absolute atomic E-state index is 0.0465. The molecule has 3 aliphatic carbocycles. The molecule has 0 aromatic heterocycles. The average Bonchev–Trinajstić information content (AvgIpc) is 1.68. The number of rotatable bonds is 18. The monoisotopic (exact) mass is 1900 g/mol. The molecule has 111 heavy (non-hydrogen) atoms. The molecule has 0 bridgehead atoms. The van der Waals surface area contributed by atoms with Crippen LogP contribution >= 0.6 is 56.8 Å². The van der Waals surface area contributed by atoms with Gasteiger partial charge in [-0.3, -0.25) is 4.31 Å². The fourth-order valence-electron chi connectivity index (χ4n) is 16.5. The molecule has 0 atom stereocenters. The fraction of sp³-hybridized carbons (Fsp3) is 0.455. The van der Waals surface area contributed by atoms with E-state index in [0.29, 0.717) is 0 Å². The standard InChI is InChI=1S/2C21H27N2.C18H33P.C11H15NO3S.C10H13NO3S.C7H6.5ClH.Cu.2Ru/c2*1-14-9-16(3)20(17(4)10-14)22-7-8-23(13-22)21-18(5)11-15(2)12-19(21)6;1-4-10-16(11-5-1)19(17-12-6-2-7-13-17)18-14-8-3-9-15-18;1-4-12(16(3,13)14)9-10-5-7-11(15-2)8-6-10;1-11(15(3,12)13)8-9-4-6-10(14-2)7-5-9;1-7-5-3-2-4-6-7;;;;;;;;/h2*9-13H,7-8H2,1-6H3;16-18H,1-15H2;4-8H,1,9H2,2-3H3;1,4-7H,8H2,2-3H3;1-6H;5*1H;;;/q2*-1;;;;;;;;;;+1;2*+2/p-4. The van der Waals surface area contributed by atoms with Crippen LogP contribution in [0.1, 0.15) is 180 Å². The van der Waals surface area contributed by atoms with E-state index in [1.165, 1.54) is 126 Å². The van der Waals surface area contributed by atoms with Gasteiger partial charge in [-0.1, -0.05) is 109 Å². The molecule has 0 amide bonds. The van der Waals surface area contributed by atoms with Crippen molar-refractivity contribution in [3.8, 4) is 11.5 Å². The molecule has 7 aromatic rings. The third kappa shape index (κ3) is 31.2. The molecule has 23 heteroatoms. The Morgan fingerprint density at radius 3 is 0.946 bits per heavy atom. The van der Waals surface area contributed by atoms with Crippen LogP contribution in [0.5, 0.6) is 11.5 Å². The van der Waals surface area contributed by atoms with Gasteiger partial charge < -0.3 is 24.3 Å². The first-order valence-electron chi connectivity index (χ1n) is 38.4. The van der Waals surface area contributed by atoms with Crippen molar-refractivity contribution in [1.29, 1.82) is 0 Å². The van der Waals surface area contributed by atoms with Crippen LogP contribution in [0.25, 0.3) is 0 Å². The molecule has 0 N–H and O–H groups in total. The van der Waals surface area contributed by atoms with Gasteiger partial charge in [-0.05, 0) is 222 Å². The summed E-state index contributed by atoms with van der Waals surface area (Å²) in [6, 6.07) is 42.5. The Bertz CT molecular complexity index is 3980. The number of sulfonamides is 2. The molecular weight excluding hydrogens is 1780 g/mol. The van der Waals surface area contributed by atoms with Gasteiger partial charge in [-0.15, -0.1) is 0 Å². The van der Waals surface area contributed by atoms with Crippen LogP contribution in [0.3, 0.4) is 0 Å². The molecule has 2 heterocycles. The van der Waals surface area contributed by atoms with Crippen LogP contribution < -0.4 is 29.1 Å². The number of hydrogen-bond acceptors (Lipinski definition) is 10. The number of ether oxygens (including phenoxy) is 2. The SMILES string of the molecule is C1CCC([PH+](C2CCCCC2)C2CCCCC2)CC1.C=CN(Cc1ccc(OC)cc1)S(C)(=O)=O.COc1ccc(CN([CH]=[Ru]([Cl])[Cl])S(C)(=O)=O)cc1.Cc1cc(C)c(N2[CH-]N(c3c(C)cc(C)cc3C)CC2)c(C)c1.Cc1cc(C)c(N2[CH-]N(c3c(C)cc(C)cc3C)CC2)c(C)c1.[Cl][Cu].[Cl][Ru]([Cl])=[CH]c1ccccc1. The molecule has 7 aromatic carbocycles. The summed E-state index contributed by atoms with van der Waals surface area (Å²) in [4.78, 5) is 9.62. The van der Waals surface area contributed by atoms with Crippen LogP contribution in [-0.2, 0) is 75.3 Å². The van der Waals surface area contributed by atoms with Crippen molar-refractivity contribution in [3.63, 3.8) is 0 Å². The molecule has 0 spiro atoms. The number of methoxy groups -OCH3 is 2. The zero-order valence-electron chi connectivity index (χ0n) is 68.1. The van der Waals surface area contributed by atoms with E-state index >= 15 is 0 Å². The second-order valence-electron chi connectivity index (χ2n) is 30.0. The van der Waals surface area contributed by atoms with Crippen LogP contribution in [0, 0.1) is 96.4 Å². The molecule has 12 nitrogen and oxygen atoms in total. The summed E-state index contributed by atoms with van der Waals surface area (Å²) >= 11 is -0.140. The Kier molecular flexibility index (Phi) is 41.6. The summed E-state index contributed by atoms with van der Waals surface area (Å²) in [6.45, 7) is 39.1. The number of hydrogen-bond donors (Lipinski definition) is 0. The molecule has 2 saturated heterocycles. The van der Waals surface area contributed by atoms with E-state index in [0.717, 1.165) is 66.9 Å². The normalized spacial score (nSPS) is 15.6. The number of nitrogens with zero attached hydrogens (tertiary/aromatic N) is 6. The van der Waals surface area contributed by atoms with Gasteiger partial charge in [-0.25, -0.2) is 8.42 Å². The van der Waals surface area contributed by atoms with E-state index in [1.54, 1.807) is 147 Å². The molecule has 620 valence electrons. The first kappa shape index (κ1) is 96.0. The van der Waals surface area contributed by atoms with Crippen molar-refractivity contribution in [1.82, 2.24) is 8.61 Å². The molecule has 0 radical (unpaired) electrons. The summed E-state index contributed by atoms with van der Waals surface area (Å²) < 4.78 is 61.5. The van der Waals surface area contributed by atoms with Crippen LogP contribution in [0.4, 0.5) is 22.7 Å². The Morgan fingerprint density at radius 2 is 0.712 bits per heavy atom. The third-order valence-corrected chi connectivity index (χ3v) is 31.5. The van der Waals surface area contributed by atoms with Crippen molar-refractivity contribution in [2.75, 3.05) is 72.5 Å². The Balaban J connectivity index is 0.000000210. The molecule has 0 unspecified atom stereocenters. The summed E-state index contributed by atoms with van der Waals surface area (Å²) in [5.74, 6) is 1.46. The van der Waals surface area contributed by atoms with Gasteiger partial charge in [0.2, 0.25) is 10.0 Å². The molecule has 12 rings (SSSR count). The summed E-state index contributed by atoms with van der Waals surface area (Å²) in [7, 11) is 23.5. The van der Waals surface area contributed by atoms with E-state index in [2.05, 4.69) is 196 Å². The van der Waals surface area contributed by atoms with E-state index < -0.39 is 47.1 Å². The van der Waals surface area contributed by atoms with Crippen molar-refractivity contribution < 1.29 is 68.4 Å². The maximum atomic E-state index is 11.6. The zero-order chi connectivity index (χ0) is 81.7. The van der Waals surface area contributed by atoms with Crippen molar-refractivity contribution in [3.05, 3.63) is 237 Å². The number of aryl methyl sites for hydroxylation is 12. The van der Waals surface area contributed by atoms with Gasteiger partial charge in [0.25, 0.3) is 0 Å². The Labute approximate surface area is 709 Å². The Hall–Kier alpha value is -3.87. The topological polar surface area (TPSA) is 106 Å². The van der Waals surface area contributed by atoms with Gasteiger partial charge >= 0.3 is 219 Å². The van der Waals surface area contributed by atoms with E-state index in [9.17, 15) is 16.8 Å². The summed E-state index contributed by atoms with van der Waals surface area (Å²) in [5.41, 5.74) is 28.2. The molecule has 5 aliphatic rings. The quantitative estimate of drug-likeness (QED) is 0.0468. The molecule has 5 fully saturated rings. The van der Waals surface area contributed by atoms with Crippen LogP contribution in [0.15, 0.2) is 140 Å². The van der Waals surface area contributed by atoms with Gasteiger partial charge in [0.15, 0.2) is 0 Å². The number of halogens is 5. The second-order valence-corrected chi connectivity index (χ2v) is 48.7. The van der Waals surface area contributed by atoms with Gasteiger partial charge in [-0.2, -0.15) is 13.3 Å². The number of anilines is 4.